The summed E-state index contributed by atoms with van der Waals surface area (Å²) in [6.45, 7) is 3.62. The molecule has 0 spiro atoms. The molecule has 0 unspecified atom stereocenters. The number of methoxy groups -OCH3 is 1. The normalized spacial score (nSPS) is 22.5. The first-order valence-electron chi connectivity index (χ1n) is 4.83. The van der Waals surface area contributed by atoms with Crippen LogP contribution in [0.1, 0.15) is 39.0 Å². The van der Waals surface area contributed by atoms with Crippen molar-refractivity contribution in [3.63, 3.8) is 0 Å². The van der Waals surface area contributed by atoms with Crippen molar-refractivity contribution >= 4 is 0 Å². The molecule has 0 aliphatic heterocycles. The first kappa shape index (κ1) is 10.0. The molecule has 0 amide bonds. The highest BCUT2D eigenvalue weighted by Gasteiger charge is 2.26. The van der Waals surface area contributed by atoms with Gasteiger partial charge in [0.2, 0.25) is 0 Å². The van der Waals surface area contributed by atoms with Gasteiger partial charge in [-0.15, -0.1) is 0 Å². The van der Waals surface area contributed by atoms with E-state index in [2.05, 4.69) is 6.92 Å². The predicted molar refractivity (Wildman–Crippen MR) is 49.0 cm³/mol. The van der Waals surface area contributed by atoms with Crippen LogP contribution in [0.3, 0.4) is 0 Å². The summed E-state index contributed by atoms with van der Waals surface area (Å²) in [6, 6.07) is 0. The lowest BCUT2D eigenvalue weighted by molar-refractivity contribution is -0.0684. The van der Waals surface area contributed by atoms with E-state index < -0.39 is 0 Å². The lowest BCUT2D eigenvalue weighted by Crippen LogP contribution is -2.26. The summed E-state index contributed by atoms with van der Waals surface area (Å²) in [5.41, 5.74) is 0.427. The minimum Gasteiger partial charge on any atom is -0.359 e. The van der Waals surface area contributed by atoms with Crippen LogP contribution in [0, 0.1) is 5.41 Å². The summed E-state index contributed by atoms with van der Waals surface area (Å²) in [7, 11) is 1.67. The summed E-state index contributed by atoms with van der Waals surface area (Å²) in [4.78, 5) is 0. The summed E-state index contributed by atoms with van der Waals surface area (Å²) in [5, 5.41) is 0. The highest BCUT2D eigenvalue weighted by Crippen LogP contribution is 2.35. The molecule has 1 aliphatic carbocycles. The Kier molecular flexibility index (Phi) is 4.02. The molecule has 2 nitrogen and oxygen atoms in total. The van der Waals surface area contributed by atoms with Crippen LogP contribution in [-0.4, -0.2) is 20.5 Å². The Morgan fingerprint density at radius 1 is 1.17 bits per heavy atom. The molecule has 1 fully saturated rings. The fourth-order valence-corrected chi connectivity index (χ4v) is 1.92. The lowest BCUT2D eigenvalue weighted by Gasteiger charge is -2.32. The number of ether oxygens (including phenoxy) is 2. The molecule has 0 aromatic heterocycles. The maximum Gasteiger partial charge on any atom is 0.146 e. The van der Waals surface area contributed by atoms with Crippen molar-refractivity contribution in [2.24, 2.45) is 5.41 Å². The van der Waals surface area contributed by atoms with Gasteiger partial charge in [-0.05, 0) is 18.3 Å². The Hall–Kier alpha value is -0.0800. The lowest BCUT2D eigenvalue weighted by atomic mass is 9.76. The molecule has 1 saturated carbocycles. The Balaban J connectivity index is 2.17. The summed E-state index contributed by atoms with van der Waals surface area (Å²) >= 11 is 0. The van der Waals surface area contributed by atoms with Gasteiger partial charge in [0, 0.05) is 7.11 Å². The number of hydrogen-bond acceptors (Lipinski definition) is 2. The Labute approximate surface area is 75.2 Å². The van der Waals surface area contributed by atoms with Crippen LogP contribution >= 0.6 is 0 Å². The zero-order valence-electron chi connectivity index (χ0n) is 8.27. The van der Waals surface area contributed by atoms with Crippen molar-refractivity contribution in [3.05, 3.63) is 0 Å². The maximum absolute atomic E-state index is 5.40. The topological polar surface area (TPSA) is 18.5 Å². The van der Waals surface area contributed by atoms with Gasteiger partial charge in [0.05, 0.1) is 6.61 Å². The SMILES string of the molecule is COCOCC1(C)CCCCC1. The Morgan fingerprint density at radius 2 is 1.83 bits per heavy atom. The standard InChI is InChI=1S/C10H20O2/c1-10(8-12-9-11-2)6-4-3-5-7-10/h3-9H2,1-2H3. The molecule has 0 radical (unpaired) electrons. The molecule has 0 N–H and O–H groups in total. The van der Waals surface area contributed by atoms with Gasteiger partial charge >= 0.3 is 0 Å². The molecular weight excluding hydrogens is 152 g/mol. The minimum absolute atomic E-state index is 0.427. The molecule has 12 heavy (non-hydrogen) atoms. The second-order valence-corrected chi connectivity index (χ2v) is 4.13. The number of hydrogen-bond donors (Lipinski definition) is 0. The average Bonchev–Trinajstić information content (AvgIpc) is 2.06. The van der Waals surface area contributed by atoms with Crippen LogP contribution in [0.25, 0.3) is 0 Å². The number of rotatable bonds is 4. The van der Waals surface area contributed by atoms with Gasteiger partial charge in [-0.2, -0.15) is 0 Å². The Morgan fingerprint density at radius 3 is 2.42 bits per heavy atom. The van der Waals surface area contributed by atoms with E-state index in [-0.39, 0.29) is 0 Å². The van der Waals surface area contributed by atoms with Crippen molar-refractivity contribution in [1.29, 1.82) is 0 Å². The largest absolute Gasteiger partial charge is 0.359 e. The van der Waals surface area contributed by atoms with E-state index in [9.17, 15) is 0 Å². The molecule has 0 bridgehead atoms. The summed E-state index contributed by atoms with van der Waals surface area (Å²) in [5.74, 6) is 0. The third-order valence-corrected chi connectivity index (χ3v) is 2.71. The molecule has 1 rings (SSSR count). The summed E-state index contributed by atoms with van der Waals surface area (Å²) < 4.78 is 10.3. The van der Waals surface area contributed by atoms with Gasteiger partial charge in [0.1, 0.15) is 6.79 Å². The van der Waals surface area contributed by atoms with Gasteiger partial charge in [0.15, 0.2) is 0 Å². The fraction of sp³-hybridized carbons (Fsp3) is 1.00. The zero-order chi connectivity index (χ0) is 8.86. The molecule has 0 atom stereocenters. The highest BCUT2D eigenvalue weighted by molar-refractivity contribution is 4.77. The molecule has 0 saturated heterocycles. The smallest absolute Gasteiger partial charge is 0.146 e. The van der Waals surface area contributed by atoms with Crippen LogP contribution in [0.15, 0.2) is 0 Å². The zero-order valence-corrected chi connectivity index (χ0v) is 8.27. The van der Waals surface area contributed by atoms with E-state index in [0.29, 0.717) is 12.2 Å². The van der Waals surface area contributed by atoms with E-state index in [1.807, 2.05) is 0 Å². The molecule has 0 heterocycles. The minimum atomic E-state index is 0.427. The molecular formula is C10H20O2. The van der Waals surface area contributed by atoms with Crippen molar-refractivity contribution in [3.8, 4) is 0 Å². The van der Waals surface area contributed by atoms with E-state index in [1.165, 1.54) is 32.1 Å². The maximum atomic E-state index is 5.40. The molecule has 72 valence electrons. The van der Waals surface area contributed by atoms with Gasteiger partial charge in [0.25, 0.3) is 0 Å². The predicted octanol–water partition coefficient (Wildman–Crippen LogP) is 2.58. The van der Waals surface area contributed by atoms with Crippen LogP contribution < -0.4 is 0 Å². The third kappa shape index (κ3) is 3.11. The molecule has 0 aromatic rings. The van der Waals surface area contributed by atoms with Gasteiger partial charge < -0.3 is 9.47 Å². The van der Waals surface area contributed by atoms with Crippen molar-refractivity contribution in [2.75, 3.05) is 20.5 Å². The van der Waals surface area contributed by atoms with Crippen LogP contribution in [0.2, 0.25) is 0 Å². The van der Waals surface area contributed by atoms with Crippen molar-refractivity contribution in [2.45, 2.75) is 39.0 Å². The van der Waals surface area contributed by atoms with Crippen molar-refractivity contribution in [1.82, 2.24) is 0 Å². The second-order valence-electron chi connectivity index (χ2n) is 4.13. The highest BCUT2D eigenvalue weighted by atomic mass is 16.7. The van der Waals surface area contributed by atoms with Crippen LogP contribution in [0.4, 0.5) is 0 Å². The van der Waals surface area contributed by atoms with Crippen LogP contribution in [-0.2, 0) is 9.47 Å². The van der Waals surface area contributed by atoms with Crippen LogP contribution in [0.5, 0.6) is 0 Å². The first-order chi connectivity index (χ1) is 5.77. The van der Waals surface area contributed by atoms with E-state index in [4.69, 9.17) is 9.47 Å². The molecule has 0 aromatic carbocycles. The monoisotopic (exact) mass is 172 g/mol. The average molecular weight is 172 g/mol. The third-order valence-electron chi connectivity index (χ3n) is 2.71. The van der Waals surface area contributed by atoms with Gasteiger partial charge in [-0.25, -0.2) is 0 Å². The van der Waals surface area contributed by atoms with Gasteiger partial charge in [-0.3, -0.25) is 0 Å². The fourth-order valence-electron chi connectivity index (χ4n) is 1.92. The quantitative estimate of drug-likeness (QED) is 0.479. The van der Waals surface area contributed by atoms with E-state index >= 15 is 0 Å². The van der Waals surface area contributed by atoms with Crippen molar-refractivity contribution < 1.29 is 9.47 Å². The summed E-state index contributed by atoms with van der Waals surface area (Å²) in [6.07, 6.45) is 6.77. The second kappa shape index (κ2) is 4.83. The molecule has 2 heteroatoms. The first-order valence-corrected chi connectivity index (χ1v) is 4.83. The van der Waals surface area contributed by atoms with E-state index in [0.717, 1.165) is 6.61 Å². The van der Waals surface area contributed by atoms with E-state index in [1.54, 1.807) is 7.11 Å². The van der Waals surface area contributed by atoms with Gasteiger partial charge in [-0.1, -0.05) is 26.2 Å². The Bertz CT molecular complexity index is 117. The molecule has 1 aliphatic rings.